The Morgan fingerprint density at radius 2 is 1.72 bits per heavy atom. The normalized spacial score (nSPS) is 11.4. The Kier molecular flexibility index (Phi) is 7.64. The number of methoxy groups -OCH3 is 1. The Balaban J connectivity index is 2.16. The highest BCUT2D eigenvalue weighted by atomic mass is 32.2. The zero-order valence-corrected chi connectivity index (χ0v) is 18.4. The van der Waals surface area contributed by atoms with Crippen molar-refractivity contribution in [3.8, 4) is 5.75 Å². The molecule has 1 amide bonds. The summed E-state index contributed by atoms with van der Waals surface area (Å²) < 4.78 is 32.2. The Labute approximate surface area is 173 Å². The number of sulfonamides is 1. The van der Waals surface area contributed by atoms with E-state index in [0.29, 0.717) is 24.5 Å². The lowest BCUT2D eigenvalue weighted by Gasteiger charge is -2.19. The van der Waals surface area contributed by atoms with Crippen LogP contribution in [0.25, 0.3) is 0 Å². The van der Waals surface area contributed by atoms with E-state index in [2.05, 4.69) is 10.6 Å². The van der Waals surface area contributed by atoms with Crippen LogP contribution in [0.15, 0.2) is 41.3 Å². The maximum Gasteiger partial charge on any atom is 0.243 e. The quantitative estimate of drug-likeness (QED) is 0.650. The molecule has 0 aliphatic heterocycles. The summed E-state index contributed by atoms with van der Waals surface area (Å²) in [5.74, 6) is 0.362. The van der Waals surface area contributed by atoms with E-state index in [0.717, 1.165) is 16.8 Å². The van der Waals surface area contributed by atoms with Gasteiger partial charge < -0.3 is 15.4 Å². The Morgan fingerprint density at radius 1 is 1.03 bits per heavy atom. The van der Waals surface area contributed by atoms with Crippen LogP contribution in [0.3, 0.4) is 0 Å². The first-order valence-electron chi connectivity index (χ1n) is 9.52. The maximum absolute atomic E-state index is 12.7. The largest absolute Gasteiger partial charge is 0.495 e. The fraction of sp³-hybridized carbons (Fsp3) is 0.381. The molecule has 0 aliphatic carbocycles. The van der Waals surface area contributed by atoms with E-state index in [1.807, 2.05) is 32.0 Å². The second-order valence-corrected chi connectivity index (χ2v) is 8.61. The number of nitrogens with one attached hydrogen (secondary N) is 2. The zero-order chi connectivity index (χ0) is 21.6. The van der Waals surface area contributed by atoms with Crippen LogP contribution in [-0.2, 0) is 14.8 Å². The fourth-order valence-corrected chi connectivity index (χ4v) is 4.42. The fourth-order valence-electron chi connectivity index (χ4n) is 2.94. The standard InChI is InChI=1S/C21H29N3O4S/c1-6-24(7-2)29(26,27)17-10-9-16(4)18(13-17)23-21(25)14-22-19-12-15(3)8-11-20(19)28-5/h8-13,22H,6-7,14H2,1-5H3,(H,23,25). The third-order valence-corrected chi connectivity index (χ3v) is 6.67. The topological polar surface area (TPSA) is 87.7 Å². The van der Waals surface area contributed by atoms with Gasteiger partial charge in [0.15, 0.2) is 0 Å². The number of amides is 1. The third kappa shape index (κ3) is 5.48. The van der Waals surface area contributed by atoms with Crippen molar-refractivity contribution in [3.05, 3.63) is 47.5 Å². The lowest BCUT2D eigenvalue weighted by atomic mass is 10.2. The highest BCUT2D eigenvalue weighted by Gasteiger charge is 2.22. The third-order valence-electron chi connectivity index (χ3n) is 4.62. The average Bonchev–Trinajstić information content (AvgIpc) is 2.68. The van der Waals surface area contributed by atoms with Crippen LogP contribution in [0.2, 0.25) is 0 Å². The molecule has 0 aromatic heterocycles. The summed E-state index contributed by atoms with van der Waals surface area (Å²) in [6, 6.07) is 10.4. The first-order chi connectivity index (χ1) is 13.7. The number of ether oxygens (including phenoxy) is 1. The summed E-state index contributed by atoms with van der Waals surface area (Å²) in [7, 11) is -2.02. The van der Waals surface area contributed by atoms with E-state index in [1.165, 1.54) is 10.4 Å². The van der Waals surface area contributed by atoms with Crippen molar-refractivity contribution in [2.75, 3.05) is 37.4 Å². The van der Waals surface area contributed by atoms with Gasteiger partial charge in [0.2, 0.25) is 15.9 Å². The summed E-state index contributed by atoms with van der Waals surface area (Å²) in [6.45, 7) is 8.15. The molecule has 0 heterocycles. The van der Waals surface area contributed by atoms with Crippen LogP contribution in [0.1, 0.15) is 25.0 Å². The maximum atomic E-state index is 12.7. The van der Waals surface area contributed by atoms with Gasteiger partial charge in [-0.05, 0) is 49.2 Å². The molecule has 2 aromatic rings. The molecule has 8 heteroatoms. The predicted molar refractivity (Wildman–Crippen MR) is 116 cm³/mol. The van der Waals surface area contributed by atoms with Gasteiger partial charge in [0.1, 0.15) is 5.75 Å². The van der Waals surface area contributed by atoms with Crippen LogP contribution in [-0.4, -0.2) is 45.4 Å². The first kappa shape index (κ1) is 22.7. The molecule has 0 bridgehead atoms. The highest BCUT2D eigenvalue weighted by Crippen LogP contribution is 2.25. The molecule has 29 heavy (non-hydrogen) atoms. The lowest BCUT2D eigenvalue weighted by Crippen LogP contribution is -2.30. The molecule has 0 fully saturated rings. The number of anilines is 2. The summed E-state index contributed by atoms with van der Waals surface area (Å²) in [6.07, 6.45) is 0. The van der Waals surface area contributed by atoms with Gasteiger partial charge >= 0.3 is 0 Å². The van der Waals surface area contributed by atoms with Crippen molar-refractivity contribution in [2.24, 2.45) is 0 Å². The van der Waals surface area contributed by atoms with Crippen molar-refractivity contribution < 1.29 is 17.9 Å². The lowest BCUT2D eigenvalue weighted by molar-refractivity contribution is -0.114. The molecule has 0 radical (unpaired) electrons. The predicted octanol–water partition coefficient (Wildman–Crippen LogP) is 3.39. The van der Waals surface area contributed by atoms with Gasteiger partial charge in [0, 0.05) is 18.8 Å². The van der Waals surface area contributed by atoms with Gasteiger partial charge in [-0.3, -0.25) is 4.79 Å². The number of carbonyl (C=O) groups is 1. The molecule has 0 unspecified atom stereocenters. The SMILES string of the molecule is CCN(CC)S(=O)(=O)c1ccc(C)c(NC(=O)CNc2cc(C)ccc2OC)c1. The molecule has 7 nitrogen and oxygen atoms in total. The monoisotopic (exact) mass is 419 g/mol. The van der Waals surface area contributed by atoms with Crippen molar-refractivity contribution in [3.63, 3.8) is 0 Å². The van der Waals surface area contributed by atoms with Crippen molar-refractivity contribution in [1.82, 2.24) is 4.31 Å². The Morgan fingerprint density at radius 3 is 2.34 bits per heavy atom. The number of aryl methyl sites for hydroxylation is 2. The highest BCUT2D eigenvalue weighted by molar-refractivity contribution is 7.89. The second kappa shape index (κ2) is 9.76. The van der Waals surface area contributed by atoms with Gasteiger partial charge in [-0.25, -0.2) is 8.42 Å². The van der Waals surface area contributed by atoms with E-state index in [-0.39, 0.29) is 17.3 Å². The van der Waals surface area contributed by atoms with Crippen LogP contribution < -0.4 is 15.4 Å². The smallest absolute Gasteiger partial charge is 0.243 e. The van der Waals surface area contributed by atoms with E-state index >= 15 is 0 Å². The molecule has 0 aliphatic rings. The molecule has 0 saturated heterocycles. The van der Waals surface area contributed by atoms with Crippen LogP contribution in [0.5, 0.6) is 5.75 Å². The Hall–Kier alpha value is -2.58. The number of rotatable bonds is 9. The Bertz CT molecular complexity index is 970. The minimum atomic E-state index is -3.60. The summed E-state index contributed by atoms with van der Waals surface area (Å²) in [5, 5.41) is 5.86. The second-order valence-electron chi connectivity index (χ2n) is 6.67. The summed E-state index contributed by atoms with van der Waals surface area (Å²) in [5.41, 5.74) is 3.02. The van der Waals surface area contributed by atoms with Gasteiger partial charge in [-0.1, -0.05) is 26.0 Å². The molecule has 2 rings (SSSR count). The molecule has 0 atom stereocenters. The average molecular weight is 420 g/mol. The van der Waals surface area contributed by atoms with Gasteiger partial charge in [-0.15, -0.1) is 0 Å². The number of hydrogen-bond acceptors (Lipinski definition) is 5. The molecular formula is C21H29N3O4S. The molecule has 158 valence electrons. The van der Waals surface area contributed by atoms with Crippen molar-refractivity contribution >= 4 is 27.3 Å². The number of carbonyl (C=O) groups excluding carboxylic acids is 1. The minimum Gasteiger partial charge on any atom is -0.495 e. The van der Waals surface area contributed by atoms with Crippen LogP contribution in [0.4, 0.5) is 11.4 Å². The summed E-state index contributed by atoms with van der Waals surface area (Å²) >= 11 is 0. The molecule has 2 N–H and O–H groups in total. The molecular weight excluding hydrogens is 390 g/mol. The number of nitrogens with zero attached hydrogens (tertiary/aromatic N) is 1. The van der Waals surface area contributed by atoms with Gasteiger partial charge in [0.25, 0.3) is 0 Å². The van der Waals surface area contributed by atoms with E-state index in [1.54, 1.807) is 33.1 Å². The zero-order valence-electron chi connectivity index (χ0n) is 17.6. The summed E-state index contributed by atoms with van der Waals surface area (Å²) in [4.78, 5) is 12.6. The molecule has 0 saturated carbocycles. The first-order valence-corrected chi connectivity index (χ1v) is 11.0. The number of hydrogen-bond donors (Lipinski definition) is 2. The van der Waals surface area contributed by atoms with E-state index < -0.39 is 10.0 Å². The number of benzene rings is 2. The van der Waals surface area contributed by atoms with Crippen LogP contribution in [0, 0.1) is 13.8 Å². The molecule has 0 spiro atoms. The van der Waals surface area contributed by atoms with Crippen molar-refractivity contribution in [1.29, 1.82) is 0 Å². The van der Waals surface area contributed by atoms with Crippen LogP contribution >= 0.6 is 0 Å². The van der Waals surface area contributed by atoms with E-state index in [4.69, 9.17) is 4.74 Å². The van der Waals surface area contributed by atoms with Gasteiger partial charge in [-0.2, -0.15) is 4.31 Å². The van der Waals surface area contributed by atoms with E-state index in [9.17, 15) is 13.2 Å². The minimum absolute atomic E-state index is 0.0201. The van der Waals surface area contributed by atoms with Gasteiger partial charge in [0.05, 0.1) is 24.2 Å². The van der Waals surface area contributed by atoms with Crippen molar-refractivity contribution in [2.45, 2.75) is 32.6 Å². The molecule has 2 aromatic carbocycles.